The van der Waals surface area contributed by atoms with Crippen molar-refractivity contribution in [2.75, 3.05) is 23.3 Å². The van der Waals surface area contributed by atoms with Crippen LogP contribution < -0.4 is 21.3 Å². The summed E-state index contributed by atoms with van der Waals surface area (Å²) in [5, 5.41) is 34.3. The summed E-state index contributed by atoms with van der Waals surface area (Å²) in [4.78, 5) is 33.4. The summed E-state index contributed by atoms with van der Waals surface area (Å²) in [6, 6.07) is 11.6. The molecule has 4 rings (SSSR count). The van der Waals surface area contributed by atoms with E-state index in [4.69, 9.17) is 33.1 Å². The lowest BCUT2D eigenvalue weighted by Crippen LogP contribution is -2.42. The molecule has 49 heavy (non-hydrogen) atoms. The average molecular weight is 702 g/mol. The quantitative estimate of drug-likeness (QED) is 0.0531. The summed E-state index contributed by atoms with van der Waals surface area (Å²) in [5.41, 5.74) is 10.7. The number of halogens is 1. The van der Waals surface area contributed by atoms with Gasteiger partial charge in [-0.15, -0.1) is 11.3 Å². The molecule has 0 bridgehead atoms. The number of amidine groups is 2. The predicted octanol–water partition coefficient (Wildman–Crippen LogP) is 6.31. The van der Waals surface area contributed by atoms with E-state index in [1.54, 1.807) is 42.2 Å². The van der Waals surface area contributed by atoms with Gasteiger partial charge in [0.05, 0.1) is 18.7 Å². The minimum atomic E-state index is -0.867. The third kappa shape index (κ3) is 9.86. The zero-order valence-electron chi connectivity index (χ0n) is 28.2. The van der Waals surface area contributed by atoms with Crippen molar-refractivity contribution >= 4 is 62.8 Å². The molecule has 12 heteroatoms. The van der Waals surface area contributed by atoms with Gasteiger partial charge in [-0.25, -0.2) is 0 Å². The molecule has 0 fully saturated rings. The summed E-state index contributed by atoms with van der Waals surface area (Å²) >= 11 is 7.66. The molecule has 2 aromatic carbocycles. The fourth-order valence-electron chi connectivity index (χ4n) is 5.47. The van der Waals surface area contributed by atoms with Crippen LogP contribution in [0.3, 0.4) is 0 Å². The molecule has 2 heterocycles. The second-order valence-corrected chi connectivity index (χ2v) is 13.5. The van der Waals surface area contributed by atoms with Crippen molar-refractivity contribution in [3.63, 3.8) is 0 Å². The summed E-state index contributed by atoms with van der Waals surface area (Å²) < 4.78 is 0. The maximum absolute atomic E-state index is 13.2. The number of thiophene rings is 1. The topological polar surface area (TPSA) is 168 Å². The number of fused-ring (bicyclic) bond motifs is 1. The van der Waals surface area contributed by atoms with E-state index in [0.29, 0.717) is 28.5 Å². The number of aliphatic hydroxyl groups excluding tert-OH is 1. The van der Waals surface area contributed by atoms with Gasteiger partial charge in [-0.1, -0.05) is 48.4 Å². The van der Waals surface area contributed by atoms with E-state index < -0.39 is 6.04 Å². The smallest absolute Gasteiger partial charge is 0.226 e. The molecule has 0 radical (unpaired) electrons. The van der Waals surface area contributed by atoms with Crippen LogP contribution in [0.2, 0.25) is 5.02 Å². The second-order valence-electron chi connectivity index (χ2n) is 11.9. The van der Waals surface area contributed by atoms with Crippen molar-refractivity contribution in [3.8, 4) is 11.8 Å². The Bertz CT molecular complexity index is 1790. The van der Waals surface area contributed by atoms with Crippen LogP contribution in [0.5, 0.6) is 0 Å². The molecule has 2 amide bonds. The van der Waals surface area contributed by atoms with E-state index in [2.05, 4.69) is 22.5 Å². The first-order chi connectivity index (χ1) is 23.5. The van der Waals surface area contributed by atoms with E-state index >= 15 is 0 Å². The number of unbranched alkanes of at least 4 members (excludes halogenated alkanes) is 4. The van der Waals surface area contributed by atoms with Crippen molar-refractivity contribution in [2.24, 2.45) is 10.7 Å². The van der Waals surface area contributed by atoms with E-state index in [9.17, 15) is 14.7 Å². The van der Waals surface area contributed by atoms with Crippen LogP contribution in [0.25, 0.3) is 0 Å². The highest BCUT2D eigenvalue weighted by molar-refractivity contribution is 7.17. The van der Waals surface area contributed by atoms with Gasteiger partial charge in [0, 0.05) is 51.7 Å². The Morgan fingerprint density at radius 1 is 1.10 bits per heavy atom. The molecule has 3 aromatic rings. The Balaban J connectivity index is 1.39. The molecule has 0 saturated carbocycles. The van der Waals surface area contributed by atoms with Crippen LogP contribution in [0.15, 0.2) is 47.5 Å². The van der Waals surface area contributed by atoms with Gasteiger partial charge in [-0.05, 0) is 81.6 Å². The number of nitrogens with zero attached hydrogens (tertiary/aromatic N) is 2. The molecular weight excluding hydrogens is 658 g/mol. The fraction of sp³-hybridized carbons (Fsp3) is 0.378. The zero-order valence-corrected chi connectivity index (χ0v) is 29.8. The third-order valence-corrected chi connectivity index (χ3v) is 9.64. The van der Waals surface area contributed by atoms with Crippen molar-refractivity contribution in [1.29, 1.82) is 10.8 Å². The van der Waals surface area contributed by atoms with Crippen molar-refractivity contribution in [3.05, 3.63) is 80.2 Å². The maximum Gasteiger partial charge on any atom is 0.226 e. The molecular formula is C37H44ClN7O3S. The number of hydrogen-bond acceptors (Lipinski definition) is 8. The van der Waals surface area contributed by atoms with Gasteiger partial charge in [0.1, 0.15) is 22.7 Å². The number of aliphatic hydroxyl groups is 1. The first-order valence-corrected chi connectivity index (χ1v) is 17.6. The molecule has 7 N–H and O–H groups in total. The highest BCUT2D eigenvalue weighted by Crippen LogP contribution is 2.40. The van der Waals surface area contributed by atoms with E-state index in [0.717, 1.165) is 64.2 Å². The average Bonchev–Trinajstić information content (AvgIpc) is 3.28. The monoisotopic (exact) mass is 701 g/mol. The van der Waals surface area contributed by atoms with Crippen molar-refractivity contribution in [2.45, 2.75) is 78.4 Å². The number of carbonyl (C=O) groups is 2. The number of amides is 2. The van der Waals surface area contributed by atoms with Gasteiger partial charge in [0.15, 0.2) is 0 Å². The van der Waals surface area contributed by atoms with Crippen LogP contribution >= 0.6 is 22.9 Å². The van der Waals surface area contributed by atoms with Crippen LogP contribution in [0, 0.1) is 36.5 Å². The third-order valence-electron chi connectivity index (χ3n) is 8.19. The molecule has 0 unspecified atom stereocenters. The van der Waals surface area contributed by atoms with Crippen molar-refractivity contribution < 1.29 is 14.7 Å². The number of hydrogen-bond donors (Lipinski definition) is 6. The first-order valence-electron chi connectivity index (χ1n) is 16.4. The van der Waals surface area contributed by atoms with Crippen LogP contribution in [0.4, 0.5) is 10.7 Å². The van der Waals surface area contributed by atoms with Crippen LogP contribution in [0.1, 0.15) is 84.6 Å². The Morgan fingerprint density at radius 2 is 1.84 bits per heavy atom. The molecule has 1 aliphatic heterocycles. The zero-order chi connectivity index (χ0) is 35.5. The molecule has 0 aliphatic carbocycles. The largest absolute Gasteiger partial charge is 0.392 e. The summed E-state index contributed by atoms with van der Waals surface area (Å²) in [6.07, 6.45) is 4.88. The number of carbonyl (C=O) groups excluding carboxylic acids is 2. The molecule has 1 aromatic heterocycles. The van der Waals surface area contributed by atoms with Gasteiger partial charge in [0.2, 0.25) is 11.8 Å². The molecule has 10 nitrogen and oxygen atoms in total. The predicted molar refractivity (Wildman–Crippen MR) is 201 cm³/mol. The van der Waals surface area contributed by atoms with Gasteiger partial charge in [-0.3, -0.25) is 30.3 Å². The lowest BCUT2D eigenvalue weighted by atomic mass is 9.99. The number of benzene rings is 2. The molecule has 0 saturated heterocycles. The Morgan fingerprint density at radius 3 is 2.53 bits per heavy atom. The standard InChI is InChI=1S/C37H44ClN7O3S/c1-23-24(2)49-37-34(23)35(27-11-14-29(38)15-12-27)44-31(36(41)45(37)25(3)40)21-33(48)42-19-17-32(47)43-30-16-13-26(28(20-30)22-46)10-8-6-4-5-7-9-18-39/h11-16,20,31,40-41,46H,4-7,9,17-19,21-22,39H2,1-3H3,(H,42,48)(H,43,47)/t31-/m0/s1. The van der Waals surface area contributed by atoms with Gasteiger partial charge in [0.25, 0.3) is 0 Å². The first kappa shape index (κ1) is 37.5. The molecule has 1 aliphatic rings. The number of anilines is 2. The number of rotatable bonds is 13. The second kappa shape index (κ2) is 17.9. The summed E-state index contributed by atoms with van der Waals surface area (Å²) in [5.74, 6) is 5.79. The number of nitrogens with two attached hydrogens (primary N) is 1. The highest BCUT2D eigenvalue weighted by Gasteiger charge is 2.34. The lowest BCUT2D eigenvalue weighted by Gasteiger charge is -2.24. The summed E-state index contributed by atoms with van der Waals surface area (Å²) in [6.45, 7) is 6.20. The number of nitrogens with one attached hydrogen (secondary N) is 4. The number of aliphatic imine (C=N–C) groups is 1. The minimum absolute atomic E-state index is 0.0226. The normalized spacial score (nSPS) is 13.9. The Kier molecular flexibility index (Phi) is 13.7. The molecule has 258 valence electrons. The number of aryl methyl sites for hydroxylation is 1. The van der Waals surface area contributed by atoms with Gasteiger partial charge >= 0.3 is 0 Å². The van der Waals surface area contributed by atoms with Gasteiger partial charge < -0.3 is 21.5 Å². The molecule has 0 spiro atoms. The summed E-state index contributed by atoms with van der Waals surface area (Å²) in [7, 11) is 0. The van der Waals surface area contributed by atoms with Crippen LogP contribution in [-0.2, 0) is 16.2 Å². The fourth-order valence-corrected chi connectivity index (χ4v) is 6.82. The lowest BCUT2D eigenvalue weighted by molar-refractivity contribution is -0.121. The van der Waals surface area contributed by atoms with E-state index in [1.807, 2.05) is 26.0 Å². The maximum atomic E-state index is 13.2. The van der Waals surface area contributed by atoms with Crippen LogP contribution in [-0.4, -0.2) is 53.4 Å². The van der Waals surface area contributed by atoms with Gasteiger partial charge in [-0.2, -0.15) is 0 Å². The Labute approximate surface area is 297 Å². The molecule has 1 atom stereocenters. The minimum Gasteiger partial charge on any atom is -0.392 e. The highest BCUT2D eigenvalue weighted by atomic mass is 35.5. The van der Waals surface area contributed by atoms with E-state index in [1.165, 1.54) is 11.3 Å². The van der Waals surface area contributed by atoms with Crippen molar-refractivity contribution in [1.82, 2.24) is 5.32 Å². The Hall–Kier alpha value is -4.34. The SMILES string of the molecule is CC(=N)N1C(=N)[C@H](CC(=O)NCCC(=O)Nc2ccc(C#CCCCCCCN)c(CO)c2)N=C(c2ccc(Cl)cc2)c2c1sc(C)c2C. The van der Waals surface area contributed by atoms with E-state index in [-0.39, 0.29) is 49.5 Å².